The Labute approximate surface area is 252 Å². The van der Waals surface area contributed by atoms with Crippen molar-refractivity contribution in [2.24, 2.45) is 22.9 Å². The zero-order chi connectivity index (χ0) is 29.7. The predicted molar refractivity (Wildman–Crippen MR) is 159 cm³/mol. The third-order valence-electron chi connectivity index (χ3n) is 9.07. The molecule has 1 aliphatic heterocycles. The summed E-state index contributed by atoms with van der Waals surface area (Å²) in [5.41, 5.74) is 3.35. The number of oxime groups is 1. The van der Waals surface area contributed by atoms with Gasteiger partial charge in [0, 0.05) is 37.0 Å². The summed E-state index contributed by atoms with van der Waals surface area (Å²) in [5.74, 6) is -0.986. The molecule has 1 fully saturated rings. The molecule has 0 saturated heterocycles. The van der Waals surface area contributed by atoms with E-state index >= 15 is 0 Å². The molecule has 11 heteroatoms. The molecule has 10 nitrogen and oxygen atoms in total. The van der Waals surface area contributed by atoms with Gasteiger partial charge in [0.25, 0.3) is 0 Å². The van der Waals surface area contributed by atoms with Crippen LogP contribution in [0.5, 0.6) is 11.5 Å². The molecule has 0 radical (unpaired) electrons. The molecular formula is C31H43ClN4O6. The summed E-state index contributed by atoms with van der Waals surface area (Å²) in [6, 6.07) is 4.44. The van der Waals surface area contributed by atoms with Crippen molar-refractivity contribution in [2.75, 3.05) is 25.7 Å². The van der Waals surface area contributed by atoms with Gasteiger partial charge in [-0.2, -0.15) is 0 Å². The monoisotopic (exact) mass is 602 g/mol. The minimum atomic E-state index is -1.68. The predicted octanol–water partition coefficient (Wildman–Crippen LogP) is 4.47. The van der Waals surface area contributed by atoms with Gasteiger partial charge < -0.3 is 30.0 Å². The van der Waals surface area contributed by atoms with Crippen molar-refractivity contribution in [1.29, 1.82) is 0 Å². The highest BCUT2D eigenvalue weighted by molar-refractivity contribution is 6.17. The molecular weight excluding hydrogens is 560 g/mol. The van der Waals surface area contributed by atoms with Gasteiger partial charge >= 0.3 is 0 Å². The number of alkyl halides is 1. The van der Waals surface area contributed by atoms with Gasteiger partial charge in [0.05, 0.1) is 23.5 Å². The highest BCUT2D eigenvalue weighted by Crippen LogP contribution is 2.62. The number of aromatic nitrogens is 3. The van der Waals surface area contributed by atoms with E-state index in [0.717, 1.165) is 54.6 Å². The molecule has 230 valence electrons. The Morgan fingerprint density at radius 3 is 2.67 bits per heavy atom. The van der Waals surface area contributed by atoms with E-state index in [-0.39, 0.29) is 36.7 Å². The lowest BCUT2D eigenvalue weighted by Gasteiger charge is -2.56. The molecule has 1 aromatic carbocycles. The number of phenols is 1. The van der Waals surface area contributed by atoms with Crippen LogP contribution in [0.25, 0.3) is 0 Å². The molecule has 0 amide bonds. The molecule has 2 aliphatic carbocycles. The summed E-state index contributed by atoms with van der Waals surface area (Å²) in [7, 11) is 0. The highest BCUT2D eigenvalue weighted by Gasteiger charge is 2.63. The van der Waals surface area contributed by atoms with Gasteiger partial charge in [-0.1, -0.05) is 29.3 Å². The van der Waals surface area contributed by atoms with E-state index in [1.807, 2.05) is 6.92 Å². The molecule has 0 bridgehead atoms. The van der Waals surface area contributed by atoms with Crippen LogP contribution in [-0.2, 0) is 11.3 Å². The second-order valence-electron chi connectivity index (χ2n) is 11.6. The molecule has 42 heavy (non-hydrogen) atoms. The fraction of sp³-hybridized carbons (Fsp3) is 0.645. The topological polar surface area (TPSA) is 142 Å². The number of fused-ring (bicyclic) bond motifs is 2. The van der Waals surface area contributed by atoms with E-state index in [0.29, 0.717) is 43.9 Å². The fourth-order valence-electron chi connectivity index (χ4n) is 7.31. The number of aliphatic hydroxyl groups is 3. The van der Waals surface area contributed by atoms with E-state index in [2.05, 4.69) is 21.5 Å². The van der Waals surface area contributed by atoms with Crippen LogP contribution in [0.2, 0.25) is 0 Å². The second kappa shape index (κ2) is 13.8. The van der Waals surface area contributed by atoms with E-state index in [4.69, 9.17) is 21.2 Å². The molecule has 2 heterocycles. The summed E-state index contributed by atoms with van der Waals surface area (Å²) in [6.45, 7) is 2.54. The van der Waals surface area contributed by atoms with E-state index < -0.39 is 17.7 Å². The summed E-state index contributed by atoms with van der Waals surface area (Å²) < 4.78 is 8.36. The van der Waals surface area contributed by atoms with E-state index in [1.165, 1.54) is 0 Å². The number of aryl methyl sites for hydroxylation is 1. The van der Waals surface area contributed by atoms with Gasteiger partial charge in [0.15, 0.2) is 0 Å². The Morgan fingerprint density at radius 2 is 1.93 bits per heavy atom. The van der Waals surface area contributed by atoms with Crippen LogP contribution in [0.15, 0.2) is 41.2 Å². The second-order valence-corrected chi connectivity index (χ2v) is 12.0. The summed E-state index contributed by atoms with van der Waals surface area (Å²) in [4.78, 5) is 5.63. The average Bonchev–Trinajstić information content (AvgIpc) is 3.45. The molecule has 1 aromatic heterocycles. The number of benzene rings is 1. The van der Waals surface area contributed by atoms with Crippen LogP contribution in [-0.4, -0.2) is 72.6 Å². The molecule has 4 N–H and O–H groups in total. The zero-order valence-electron chi connectivity index (χ0n) is 24.2. The molecule has 3 aliphatic rings. The number of phenolic OH excluding ortho intramolecular Hbond substituents is 1. The number of rotatable bonds is 14. The van der Waals surface area contributed by atoms with Crippen molar-refractivity contribution >= 4 is 17.3 Å². The third-order valence-corrected chi connectivity index (χ3v) is 9.34. The first kappa shape index (κ1) is 30.8. The molecule has 5 rings (SSSR count). The number of aromatic hydroxyl groups is 1. The van der Waals surface area contributed by atoms with E-state index in [9.17, 15) is 20.4 Å². The van der Waals surface area contributed by atoms with Crippen LogP contribution < -0.4 is 4.74 Å². The summed E-state index contributed by atoms with van der Waals surface area (Å²) in [6.07, 6.45) is 10.4. The van der Waals surface area contributed by atoms with E-state index in [1.54, 1.807) is 29.1 Å². The largest absolute Gasteiger partial charge is 0.508 e. The van der Waals surface area contributed by atoms with Crippen LogP contribution in [0.1, 0.15) is 81.5 Å². The van der Waals surface area contributed by atoms with Crippen molar-refractivity contribution in [2.45, 2.75) is 82.5 Å². The summed E-state index contributed by atoms with van der Waals surface area (Å²) >= 11 is 6.02. The lowest BCUT2D eigenvalue weighted by atomic mass is 9.55. The first-order valence-corrected chi connectivity index (χ1v) is 15.8. The standard InChI is InChI=1S/C31H43ClN4O6/c1-2-41-34-26-18-28(36-21(9-7-13-32)19-33-35-36)31(40)30-24(26)16-20(8-3-5-14-37)23(10-4-6-15-38)29(30)25-17-22(39)11-12-27(25)42-31/h11-12,16-17,19-20,23,28-30,37-40H,2-10,13-15,18H2,1H3/t20-,23+,28-,29+,30+,31+/m0/s1. The Bertz CT molecular complexity index is 1270. The summed E-state index contributed by atoms with van der Waals surface area (Å²) in [5, 5.41) is 55.7. The maximum atomic E-state index is 12.8. The third kappa shape index (κ3) is 5.91. The van der Waals surface area contributed by atoms with Crippen LogP contribution in [0, 0.1) is 17.8 Å². The van der Waals surface area contributed by atoms with Gasteiger partial charge in [0.2, 0.25) is 5.79 Å². The Morgan fingerprint density at radius 1 is 1.14 bits per heavy atom. The quantitative estimate of drug-likeness (QED) is 0.141. The van der Waals surface area contributed by atoms with Crippen LogP contribution in [0.3, 0.4) is 0 Å². The van der Waals surface area contributed by atoms with Gasteiger partial charge in [0.1, 0.15) is 24.1 Å². The first-order valence-electron chi connectivity index (χ1n) is 15.3. The van der Waals surface area contributed by atoms with Crippen molar-refractivity contribution in [3.05, 3.63) is 47.3 Å². The fourth-order valence-corrected chi connectivity index (χ4v) is 7.44. The Balaban J connectivity index is 1.69. The van der Waals surface area contributed by atoms with Gasteiger partial charge in [-0.3, -0.25) is 0 Å². The van der Waals surface area contributed by atoms with Gasteiger partial charge in [-0.15, -0.1) is 16.7 Å². The maximum Gasteiger partial charge on any atom is 0.238 e. The lowest BCUT2D eigenvalue weighted by Crippen LogP contribution is -2.62. The number of aliphatic hydroxyl groups excluding tert-OH is 2. The normalized spacial score (nSPS) is 29.0. The minimum absolute atomic E-state index is 0.0959. The number of halogens is 1. The smallest absolute Gasteiger partial charge is 0.238 e. The zero-order valence-corrected chi connectivity index (χ0v) is 25.0. The lowest BCUT2D eigenvalue weighted by molar-refractivity contribution is -0.225. The Hall–Kier alpha value is -2.66. The van der Waals surface area contributed by atoms with Crippen molar-refractivity contribution < 1.29 is 30.0 Å². The molecule has 6 atom stereocenters. The van der Waals surface area contributed by atoms with Crippen molar-refractivity contribution in [3.63, 3.8) is 0 Å². The maximum absolute atomic E-state index is 12.8. The van der Waals surface area contributed by atoms with Gasteiger partial charge in [-0.25, -0.2) is 4.68 Å². The molecule has 2 aromatic rings. The molecule has 0 spiro atoms. The number of allylic oxidation sites excluding steroid dienone is 1. The van der Waals surface area contributed by atoms with Crippen LogP contribution in [0.4, 0.5) is 0 Å². The van der Waals surface area contributed by atoms with Crippen molar-refractivity contribution in [3.8, 4) is 11.5 Å². The van der Waals surface area contributed by atoms with Gasteiger partial charge in [-0.05, 0) is 81.1 Å². The van der Waals surface area contributed by atoms with Crippen molar-refractivity contribution in [1.82, 2.24) is 15.0 Å². The molecule has 1 saturated carbocycles. The number of hydrogen-bond donors (Lipinski definition) is 4. The first-order chi connectivity index (χ1) is 20.5. The number of unbranched alkanes of at least 4 members (excludes halogenated alkanes) is 2. The molecule has 0 unspecified atom stereocenters. The number of ether oxygens (including phenoxy) is 1. The highest BCUT2D eigenvalue weighted by atomic mass is 35.5. The number of hydrogen-bond acceptors (Lipinski definition) is 9. The Kier molecular flexibility index (Phi) is 10.1. The minimum Gasteiger partial charge on any atom is -0.508 e. The van der Waals surface area contributed by atoms with Crippen LogP contribution >= 0.6 is 11.6 Å². The SMILES string of the molecule is CCON=C1C[C@H](n2nncc2CCCCl)[C@@]2(O)Oc3ccc(O)cc3[C@H]3[C@H](CCCCO)[C@@H](CCCCO)C=C1[C@H]32. The number of nitrogens with zero attached hydrogens (tertiary/aromatic N) is 4. The average molecular weight is 603 g/mol.